The number of aliphatic carboxylic acids is 1. The second-order valence-electron chi connectivity index (χ2n) is 3.04. The maximum Gasteiger partial charge on any atom is 0.471 e. The van der Waals surface area contributed by atoms with Gasteiger partial charge in [-0.2, -0.15) is 13.2 Å². The molecule has 0 aromatic carbocycles. The zero-order chi connectivity index (χ0) is 12.2. The van der Waals surface area contributed by atoms with Gasteiger partial charge in [0, 0.05) is 12.6 Å². The predicted octanol–water partition coefficient (Wildman–Crippen LogP) is 1.26. The van der Waals surface area contributed by atoms with Crippen LogP contribution in [0.1, 0.15) is 20.3 Å². The van der Waals surface area contributed by atoms with Gasteiger partial charge in [0.2, 0.25) is 0 Å². The maximum atomic E-state index is 12.0. The molecule has 0 bridgehead atoms. The number of nitrogens with zero attached hydrogens (tertiary/aromatic N) is 1. The first-order valence-corrected chi connectivity index (χ1v) is 4.29. The zero-order valence-corrected chi connectivity index (χ0v) is 8.34. The van der Waals surface area contributed by atoms with E-state index in [0.717, 1.165) is 0 Å². The topological polar surface area (TPSA) is 57.6 Å². The zero-order valence-electron chi connectivity index (χ0n) is 8.34. The largest absolute Gasteiger partial charge is 0.481 e. The second kappa shape index (κ2) is 4.99. The molecule has 0 aliphatic carbocycles. The van der Waals surface area contributed by atoms with Crippen LogP contribution in [0.15, 0.2) is 0 Å². The standard InChI is InChI=1S/C8H12F3NO3/c1-3-12(5(2)4-6(13)14)7(15)8(9,10)11/h5H,3-4H2,1-2H3,(H,13,14). The summed E-state index contributed by atoms with van der Waals surface area (Å²) in [6.45, 7) is 2.45. The van der Waals surface area contributed by atoms with Crippen LogP contribution in [0.4, 0.5) is 13.2 Å². The van der Waals surface area contributed by atoms with E-state index in [2.05, 4.69) is 0 Å². The van der Waals surface area contributed by atoms with Crippen LogP contribution in [0.3, 0.4) is 0 Å². The van der Waals surface area contributed by atoms with E-state index < -0.39 is 30.5 Å². The third-order valence-corrected chi connectivity index (χ3v) is 1.85. The first kappa shape index (κ1) is 13.7. The van der Waals surface area contributed by atoms with Crippen LogP contribution in [0.5, 0.6) is 0 Å². The van der Waals surface area contributed by atoms with Gasteiger partial charge in [-0.15, -0.1) is 0 Å². The van der Waals surface area contributed by atoms with Gasteiger partial charge in [0.15, 0.2) is 0 Å². The Balaban J connectivity index is 4.62. The lowest BCUT2D eigenvalue weighted by molar-refractivity contribution is -0.187. The molecule has 1 atom stereocenters. The molecular formula is C8H12F3NO3. The van der Waals surface area contributed by atoms with Crippen LogP contribution in [0.2, 0.25) is 0 Å². The molecule has 0 fully saturated rings. The number of carboxylic acid groups (broad SMARTS) is 1. The molecule has 7 heteroatoms. The van der Waals surface area contributed by atoms with Crippen LogP contribution in [0, 0.1) is 0 Å². The van der Waals surface area contributed by atoms with Crippen LogP contribution in [0.25, 0.3) is 0 Å². The van der Waals surface area contributed by atoms with Gasteiger partial charge in [-0.3, -0.25) is 9.59 Å². The number of halogens is 3. The Labute approximate surface area is 84.7 Å². The predicted molar refractivity (Wildman–Crippen MR) is 45.2 cm³/mol. The minimum atomic E-state index is -4.96. The number of alkyl halides is 3. The molecule has 0 aliphatic rings. The Hall–Kier alpha value is -1.27. The van der Waals surface area contributed by atoms with Crippen molar-refractivity contribution in [3.8, 4) is 0 Å². The van der Waals surface area contributed by atoms with Crippen molar-refractivity contribution in [2.75, 3.05) is 6.54 Å². The summed E-state index contributed by atoms with van der Waals surface area (Å²) in [6, 6.07) is -0.971. The number of carbonyl (C=O) groups is 2. The molecule has 0 heterocycles. The third-order valence-electron chi connectivity index (χ3n) is 1.85. The van der Waals surface area contributed by atoms with Crippen LogP contribution in [-0.4, -0.2) is 40.6 Å². The van der Waals surface area contributed by atoms with Crippen LogP contribution >= 0.6 is 0 Å². The monoisotopic (exact) mass is 227 g/mol. The summed E-state index contributed by atoms with van der Waals surface area (Å²) in [7, 11) is 0. The van der Waals surface area contributed by atoms with Gasteiger partial charge in [0.25, 0.3) is 0 Å². The molecule has 0 saturated heterocycles. The SMILES string of the molecule is CCN(C(=O)C(F)(F)F)C(C)CC(=O)O. The van der Waals surface area contributed by atoms with E-state index in [4.69, 9.17) is 5.11 Å². The molecular weight excluding hydrogens is 215 g/mol. The van der Waals surface area contributed by atoms with Gasteiger partial charge in [0.05, 0.1) is 6.42 Å². The number of amides is 1. The number of carbonyl (C=O) groups excluding carboxylic acids is 1. The van der Waals surface area contributed by atoms with Crippen molar-refractivity contribution in [3.63, 3.8) is 0 Å². The second-order valence-corrected chi connectivity index (χ2v) is 3.04. The summed E-state index contributed by atoms with van der Waals surface area (Å²) < 4.78 is 36.1. The summed E-state index contributed by atoms with van der Waals surface area (Å²) in [5, 5.41) is 8.39. The molecule has 0 aliphatic heterocycles. The summed E-state index contributed by atoms with van der Waals surface area (Å²) >= 11 is 0. The molecule has 0 rings (SSSR count). The number of hydrogen-bond acceptors (Lipinski definition) is 2. The van der Waals surface area contributed by atoms with Gasteiger partial charge in [-0.25, -0.2) is 0 Å². The Morgan fingerprint density at radius 3 is 2.13 bits per heavy atom. The lowest BCUT2D eigenvalue weighted by Gasteiger charge is -2.27. The molecule has 4 nitrogen and oxygen atoms in total. The highest BCUT2D eigenvalue weighted by atomic mass is 19.4. The first-order chi connectivity index (χ1) is 6.70. The quantitative estimate of drug-likeness (QED) is 0.786. The van der Waals surface area contributed by atoms with Crippen molar-refractivity contribution in [1.29, 1.82) is 0 Å². The highest BCUT2D eigenvalue weighted by Gasteiger charge is 2.43. The fourth-order valence-electron chi connectivity index (χ4n) is 1.18. The van der Waals surface area contributed by atoms with E-state index in [1.54, 1.807) is 0 Å². The van der Waals surface area contributed by atoms with E-state index in [9.17, 15) is 22.8 Å². The highest BCUT2D eigenvalue weighted by Crippen LogP contribution is 2.20. The van der Waals surface area contributed by atoms with Crippen molar-refractivity contribution in [2.24, 2.45) is 0 Å². The summed E-state index contributed by atoms with van der Waals surface area (Å²) in [5.41, 5.74) is 0. The molecule has 15 heavy (non-hydrogen) atoms. The minimum absolute atomic E-state index is 0.174. The Morgan fingerprint density at radius 2 is 1.87 bits per heavy atom. The van der Waals surface area contributed by atoms with E-state index in [-0.39, 0.29) is 6.54 Å². The molecule has 0 aromatic rings. The smallest absolute Gasteiger partial charge is 0.471 e. The average Bonchev–Trinajstić information content (AvgIpc) is 2.01. The average molecular weight is 227 g/mol. The van der Waals surface area contributed by atoms with Gasteiger partial charge in [-0.1, -0.05) is 0 Å². The molecule has 0 radical (unpaired) electrons. The Kier molecular flexibility index (Phi) is 4.57. The summed E-state index contributed by atoms with van der Waals surface area (Å²) in [4.78, 5) is 21.6. The molecule has 0 saturated carbocycles. The van der Waals surface area contributed by atoms with Gasteiger partial charge >= 0.3 is 18.1 Å². The first-order valence-electron chi connectivity index (χ1n) is 4.29. The van der Waals surface area contributed by atoms with Crippen molar-refractivity contribution in [2.45, 2.75) is 32.5 Å². The van der Waals surface area contributed by atoms with E-state index >= 15 is 0 Å². The highest BCUT2D eigenvalue weighted by molar-refractivity contribution is 5.82. The lowest BCUT2D eigenvalue weighted by Crippen LogP contribution is -2.46. The Morgan fingerprint density at radius 1 is 1.40 bits per heavy atom. The molecule has 0 spiro atoms. The number of rotatable bonds is 4. The number of carboxylic acids is 1. The van der Waals surface area contributed by atoms with Crippen molar-refractivity contribution in [3.05, 3.63) is 0 Å². The fraction of sp³-hybridized carbons (Fsp3) is 0.750. The summed E-state index contributed by atoms with van der Waals surface area (Å²) in [5.74, 6) is -3.24. The van der Waals surface area contributed by atoms with Crippen LogP contribution < -0.4 is 0 Å². The van der Waals surface area contributed by atoms with Crippen molar-refractivity contribution < 1.29 is 27.9 Å². The van der Waals surface area contributed by atoms with Crippen LogP contribution in [-0.2, 0) is 9.59 Å². The maximum absolute atomic E-state index is 12.0. The molecule has 1 N–H and O–H groups in total. The molecule has 1 unspecified atom stereocenters. The van der Waals surface area contributed by atoms with Crippen molar-refractivity contribution in [1.82, 2.24) is 4.90 Å². The third kappa shape index (κ3) is 4.18. The summed E-state index contributed by atoms with van der Waals surface area (Å²) in [6.07, 6.45) is -5.46. The van der Waals surface area contributed by atoms with E-state index in [1.807, 2.05) is 0 Å². The molecule has 1 amide bonds. The normalized spacial score (nSPS) is 13.4. The minimum Gasteiger partial charge on any atom is -0.481 e. The van der Waals surface area contributed by atoms with Crippen molar-refractivity contribution >= 4 is 11.9 Å². The Bertz CT molecular complexity index is 252. The molecule has 0 aromatic heterocycles. The van der Waals surface area contributed by atoms with E-state index in [0.29, 0.717) is 4.90 Å². The fourth-order valence-corrected chi connectivity index (χ4v) is 1.18. The van der Waals surface area contributed by atoms with Gasteiger partial charge in [0.1, 0.15) is 0 Å². The van der Waals surface area contributed by atoms with E-state index in [1.165, 1.54) is 13.8 Å². The number of hydrogen-bond donors (Lipinski definition) is 1. The lowest BCUT2D eigenvalue weighted by atomic mass is 10.2. The van der Waals surface area contributed by atoms with Gasteiger partial charge < -0.3 is 10.0 Å². The van der Waals surface area contributed by atoms with Gasteiger partial charge in [-0.05, 0) is 13.8 Å². The molecule has 88 valence electrons.